The molecule has 0 unspecified atom stereocenters. The molecule has 0 fully saturated rings. The number of amides is 1. The average Bonchev–Trinajstić information content (AvgIpc) is 2.71. The maximum absolute atomic E-state index is 12.3. The van der Waals surface area contributed by atoms with Crippen LogP contribution in [0.4, 0.5) is 5.69 Å². The van der Waals surface area contributed by atoms with Gasteiger partial charge in [0.1, 0.15) is 13.2 Å². The smallest absolute Gasteiger partial charge is 0.338 e. The van der Waals surface area contributed by atoms with E-state index in [1.54, 1.807) is 6.07 Å². The summed E-state index contributed by atoms with van der Waals surface area (Å²) in [5, 5.41) is 2.73. The van der Waals surface area contributed by atoms with Crippen LogP contribution in [0.25, 0.3) is 0 Å². The zero-order valence-corrected chi connectivity index (χ0v) is 15.8. The van der Waals surface area contributed by atoms with Crippen LogP contribution in [0, 0.1) is 0 Å². The van der Waals surface area contributed by atoms with Crippen molar-refractivity contribution in [2.75, 3.05) is 38.5 Å². The topological polar surface area (TPSA) is 83.1 Å². The van der Waals surface area contributed by atoms with Gasteiger partial charge < -0.3 is 24.3 Å². The number of fused-ring (bicyclic) bond motifs is 1. The van der Waals surface area contributed by atoms with Crippen LogP contribution in [-0.4, -0.2) is 45.1 Å². The predicted octanol–water partition coefficient (Wildman–Crippen LogP) is 2.98. The molecule has 0 radical (unpaired) electrons. The van der Waals surface area contributed by atoms with Crippen LogP contribution < -0.4 is 19.5 Å². The molecule has 3 rings (SSSR count). The summed E-state index contributed by atoms with van der Waals surface area (Å²) in [5.41, 5.74) is 0.889. The molecule has 27 heavy (non-hydrogen) atoms. The Hall–Kier alpha value is -2.87. The Bertz CT molecular complexity index is 837. The van der Waals surface area contributed by atoms with Crippen molar-refractivity contribution in [3.05, 3.63) is 42.0 Å². The van der Waals surface area contributed by atoms with E-state index in [0.717, 1.165) is 4.90 Å². The SMILES string of the molecule is COc1cc(C(=O)OCC(=O)Nc2ccccc2SC)cc2c1OCCO2. The second kappa shape index (κ2) is 8.68. The lowest BCUT2D eigenvalue weighted by molar-refractivity contribution is -0.119. The van der Waals surface area contributed by atoms with Crippen molar-refractivity contribution < 1.29 is 28.5 Å². The lowest BCUT2D eigenvalue weighted by Crippen LogP contribution is -2.21. The van der Waals surface area contributed by atoms with Crippen LogP contribution in [0.3, 0.4) is 0 Å². The summed E-state index contributed by atoms with van der Waals surface area (Å²) >= 11 is 1.51. The van der Waals surface area contributed by atoms with Crippen molar-refractivity contribution in [3.8, 4) is 17.2 Å². The van der Waals surface area contributed by atoms with Gasteiger partial charge in [0.2, 0.25) is 5.75 Å². The molecule has 0 saturated carbocycles. The van der Waals surface area contributed by atoms with Crippen molar-refractivity contribution in [1.29, 1.82) is 0 Å². The first-order chi connectivity index (χ1) is 13.1. The fourth-order valence-corrected chi connectivity index (χ4v) is 3.09. The quantitative estimate of drug-likeness (QED) is 0.601. The maximum Gasteiger partial charge on any atom is 0.338 e. The Morgan fingerprint density at radius 1 is 1.19 bits per heavy atom. The molecule has 1 aliphatic rings. The molecule has 2 aromatic rings. The van der Waals surface area contributed by atoms with Crippen LogP contribution in [0.15, 0.2) is 41.3 Å². The van der Waals surface area contributed by atoms with Crippen molar-refractivity contribution in [2.24, 2.45) is 0 Å². The lowest BCUT2D eigenvalue weighted by atomic mass is 10.1. The van der Waals surface area contributed by atoms with Crippen molar-refractivity contribution >= 4 is 29.3 Å². The number of carbonyl (C=O) groups excluding carboxylic acids is 2. The molecule has 0 atom stereocenters. The summed E-state index contributed by atoms with van der Waals surface area (Å²) in [6.45, 7) is 0.384. The van der Waals surface area contributed by atoms with Gasteiger partial charge in [0.25, 0.3) is 5.91 Å². The van der Waals surface area contributed by atoms with Gasteiger partial charge in [-0.15, -0.1) is 11.8 Å². The summed E-state index contributed by atoms with van der Waals surface area (Å²) in [7, 11) is 1.47. The minimum atomic E-state index is -0.654. The normalized spacial score (nSPS) is 12.2. The third kappa shape index (κ3) is 4.46. The summed E-state index contributed by atoms with van der Waals surface area (Å²) in [4.78, 5) is 25.4. The number of benzene rings is 2. The molecule has 7 nitrogen and oxygen atoms in total. The van der Waals surface area contributed by atoms with Crippen LogP contribution in [0.5, 0.6) is 17.2 Å². The van der Waals surface area contributed by atoms with E-state index in [4.69, 9.17) is 18.9 Å². The number of nitrogens with one attached hydrogen (secondary N) is 1. The van der Waals surface area contributed by atoms with E-state index in [1.165, 1.54) is 31.0 Å². The lowest BCUT2D eigenvalue weighted by Gasteiger charge is -2.21. The van der Waals surface area contributed by atoms with Gasteiger partial charge in [-0.2, -0.15) is 0 Å². The molecule has 1 heterocycles. The van der Waals surface area contributed by atoms with Crippen LogP contribution in [0.2, 0.25) is 0 Å². The van der Waals surface area contributed by atoms with E-state index < -0.39 is 18.5 Å². The van der Waals surface area contributed by atoms with Crippen LogP contribution in [0.1, 0.15) is 10.4 Å². The molecule has 1 aliphatic heterocycles. The van der Waals surface area contributed by atoms with Crippen LogP contribution >= 0.6 is 11.8 Å². The van der Waals surface area contributed by atoms with Gasteiger partial charge in [-0.25, -0.2) is 4.79 Å². The Labute approximate surface area is 160 Å². The second-order valence-corrected chi connectivity index (χ2v) is 6.38. The predicted molar refractivity (Wildman–Crippen MR) is 101 cm³/mol. The summed E-state index contributed by atoms with van der Waals surface area (Å²) in [5.74, 6) is 0.156. The van der Waals surface area contributed by atoms with Gasteiger partial charge in [0.05, 0.1) is 18.4 Å². The molecule has 1 N–H and O–H groups in total. The van der Waals surface area contributed by atoms with Crippen molar-refractivity contribution in [2.45, 2.75) is 4.90 Å². The number of carbonyl (C=O) groups is 2. The minimum absolute atomic E-state index is 0.216. The van der Waals surface area contributed by atoms with E-state index in [-0.39, 0.29) is 5.56 Å². The first-order valence-electron chi connectivity index (χ1n) is 8.20. The van der Waals surface area contributed by atoms with E-state index >= 15 is 0 Å². The highest BCUT2D eigenvalue weighted by Gasteiger charge is 2.22. The molecular formula is C19H19NO6S. The molecule has 0 bridgehead atoms. The second-order valence-electron chi connectivity index (χ2n) is 5.53. The number of anilines is 1. The third-order valence-electron chi connectivity index (χ3n) is 3.78. The molecule has 0 aliphatic carbocycles. The molecule has 0 saturated heterocycles. The number of thioether (sulfide) groups is 1. The Morgan fingerprint density at radius 3 is 2.74 bits per heavy atom. The van der Waals surface area contributed by atoms with Crippen LogP contribution in [-0.2, 0) is 9.53 Å². The number of ether oxygens (including phenoxy) is 4. The van der Waals surface area contributed by atoms with Crippen molar-refractivity contribution in [3.63, 3.8) is 0 Å². The van der Waals surface area contributed by atoms with Gasteiger partial charge in [0, 0.05) is 4.90 Å². The fourth-order valence-electron chi connectivity index (χ4n) is 2.54. The van der Waals surface area contributed by atoms with Gasteiger partial charge >= 0.3 is 5.97 Å². The van der Waals surface area contributed by atoms with E-state index in [1.807, 2.05) is 24.5 Å². The highest BCUT2D eigenvalue weighted by Crippen LogP contribution is 2.40. The molecule has 0 aromatic heterocycles. The fraction of sp³-hybridized carbons (Fsp3) is 0.263. The number of hydrogen-bond acceptors (Lipinski definition) is 7. The maximum atomic E-state index is 12.3. The van der Waals surface area contributed by atoms with Gasteiger partial charge in [-0.3, -0.25) is 4.79 Å². The number of hydrogen-bond donors (Lipinski definition) is 1. The zero-order valence-electron chi connectivity index (χ0n) is 14.9. The van der Waals surface area contributed by atoms with Gasteiger partial charge in [0.15, 0.2) is 18.1 Å². The number of para-hydroxylation sites is 1. The summed E-state index contributed by atoms with van der Waals surface area (Å²) < 4.78 is 21.3. The average molecular weight is 389 g/mol. The number of esters is 1. The zero-order chi connectivity index (χ0) is 19.2. The Kier molecular flexibility index (Phi) is 6.08. The van der Waals surface area contributed by atoms with Gasteiger partial charge in [-0.05, 0) is 30.5 Å². The highest BCUT2D eigenvalue weighted by atomic mass is 32.2. The molecular weight excluding hydrogens is 370 g/mol. The molecule has 1 amide bonds. The molecule has 0 spiro atoms. The Morgan fingerprint density at radius 2 is 1.96 bits per heavy atom. The third-order valence-corrected chi connectivity index (χ3v) is 4.57. The number of rotatable bonds is 6. The van der Waals surface area contributed by atoms with E-state index in [9.17, 15) is 9.59 Å². The minimum Gasteiger partial charge on any atom is -0.493 e. The molecule has 142 valence electrons. The monoisotopic (exact) mass is 389 g/mol. The summed E-state index contributed by atoms with van der Waals surface area (Å²) in [6, 6.07) is 10.4. The largest absolute Gasteiger partial charge is 0.493 e. The first kappa shape index (κ1) is 18.9. The number of methoxy groups -OCH3 is 1. The molecule has 2 aromatic carbocycles. The van der Waals surface area contributed by atoms with Crippen molar-refractivity contribution in [1.82, 2.24) is 0 Å². The highest BCUT2D eigenvalue weighted by molar-refractivity contribution is 7.98. The van der Waals surface area contributed by atoms with E-state index in [2.05, 4.69) is 5.32 Å². The van der Waals surface area contributed by atoms with E-state index in [0.29, 0.717) is 36.1 Å². The summed E-state index contributed by atoms with van der Waals surface area (Å²) in [6.07, 6.45) is 1.92. The first-order valence-corrected chi connectivity index (χ1v) is 9.42. The standard InChI is InChI=1S/C19H19NO6S/c1-23-14-9-12(10-15-18(14)25-8-7-24-15)19(22)26-11-17(21)20-13-5-3-4-6-16(13)27-2/h3-6,9-10H,7-8,11H2,1-2H3,(H,20,21). The Balaban J connectivity index is 1.64. The van der Waals surface area contributed by atoms with Gasteiger partial charge in [-0.1, -0.05) is 12.1 Å². The molecule has 8 heteroatoms.